The SMILES string of the molecule is O=C(CCC(=O)c1ccccc1)Nc1cc(N2CCN(Cc3ccccc3)CC2)ncn1. The third-order valence-electron chi connectivity index (χ3n) is 5.54. The fourth-order valence-electron chi connectivity index (χ4n) is 3.77. The number of piperazine rings is 1. The van der Waals surface area contributed by atoms with E-state index in [1.54, 1.807) is 18.2 Å². The Kier molecular flexibility index (Phi) is 7.19. The van der Waals surface area contributed by atoms with Crippen molar-refractivity contribution in [2.45, 2.75) is 19.4 Å². The van der Waals surface area contributed by atoms with Gasteiger partial charge < -0.3 is 10.2 Å². The van der Waals surface area contributed by atoms with Crippen LogP contribution in [0.3, 0.4) is 0 Å². The first-order chi connectivity index (χ1) is 15.7. The van der Waals surface area contributed by atoms with Crippen LogP contribution in [0.1, 0.15) is 28.8 Å². The van der Waals surface area contributed by atoms with Gasteiger partial charge in [0.2, 0.25) is 5.91 Å². The van der Waals surface area contributed by atoms with Crippen LogP contribution in [0.15, 0.2) is 73.1 Å². The quantitative estimate of drug-likeness (QED) is 0.553. The highest BCUT2D eigenvalue weighted by Crippen LogP contribution is 2.18. The number of nitrogens with zero attached hydrogens (tertiary/aromatic N) is 4. The fourth-order valence-corrected chi connectivity index (χ4v) is 3.77. The van der Waals surface area contributed by atoms with E-state index in [1.807, 2.05) is 24.3 Å². The summed E-state index contributed by atoms with van der Waals surface area (Å²) in [6.07, 6.45) is 1.75. The molecule has 3 aromatic rings. The van der Waals surface area contributed by atoms with E-state index in [9.17, 15) is 9.59 Å². The predicted octanol–water partition coefficient (Wildman–Crippen LogP) is 3.40. The highest BCUT2D eigenvalue weighted by atomic mass is 16.2. The molecule has 0 aliphatic carbocycles. The molecule has 4 rings (SSSR count). The number of hydrogen-bond donors (Lipinski definition) is 1. The molecule has 0 unspecified atom stereocenters. The maximum Gasteiger partial charge on any atom is 0.225 e. The summed E-state index contributed by atoms with van der Waals surface area (Å²) in [6, 6.07) is 21.3. The maximum atomic E-state index is 12.3. The zero-order chi connectivity index (χ0) is 22.2. The smallest absolute Gasteiger partial charge is 0.225 e. The van der Waals surface area contributed by atoms with Gasteiger partial charge in [0.25, 0.3) is 0 Å². The van der Waals surface area contributed by atoms with Crippen LogP contribution in [-0.4, -0.2) is 52.7 Å². The minimum absolute atomic E-state index is 0.0440. The van der Waals surface area contributed by atoms with Crippen molar-refractivity contribution in [1.82, 2.24) is 14.9 Å². The van der Waals surface area contributed by atoms with Crippen molar-refractivity contribution in [3.63, 3.8) is 0 Å². The van der Waals surface area contributed by atoms with Gasteiger partial charge in [0, 0.05) is 57.2 Å². The van der Waals surface area contributed by atoms with Gasteiger partial charge in [-0.3, -0.25) is 14.5 Å². The van der Waals surface area contributed by atoms with Crippen molar-refractivity contribution in [3.05, 3.63) is 84.2 Å². The summed E-state index contributed by atoms with van der Waals surface area (Å²) in [7, 11) is 0. The molecular formula is C25H27N5O2. The minimum atomic E-state index is -0.230. The third-order valence-corrected chi connectivity index (χ3v) is 5.54. The van der Waals surface area contributed by atoms with Crippen LogP contribution in [0, 0.1) is 0 Å². The fraction of sp³-hybridized carbons (Fsp3) is 0.280. The van der Waals surface area contributed by atoms with Gasteiger partial charge in [-0.1, -0.05) is 60.7 Å². The lowest BCUT2D eigenvalue weighted by Gasteiger charge is -2.35. The number of nitrogens with one attached hydrogen (secondary N) is 1. The summed E-state index contributed by atoms with van der Waals surface area (Å²) in [4.78, 5) is 37.7. The second-order valence-electron chi connectivity index (χ2n) is 7.85. The molecule has 1 N–H and O–H groups in total. The molecule has 0 bridgehead atoms. The first kappa shape index (κ1) is 21.6. The molecule has 0 atom stereocenters. The molecule has 0 saturated carbocycles. The summed E-state index contributed by atoms with van der Waals surface area (Å²) in [5.41, 5.74) is 1.94. The molecule has 2 heterocycles. The molecule has 164 valence electrons. The number of Topliss-reactive ketones (excluding diaryl/α,β-unsaturated/α-hetero) is 1. The number of hydrogen-bond acceptors (Lipinski definition) is 6. The van der Waals surface area contributed by atoms with E-state index in [0.717, 1.165) is 38.5 Å². The van der Waals surface area contributed by atoms with Crippen LogP contribution in [-0.2, 0) is 11.3 Å². The molecule has 1 aliphatic heterocycles. The van der Waals surface area contributed by atoms with Gasteiger partial charge in [0.15, 0.2) is 5.78 Å². The molecule has 1 amide bonds. The van der Waals surface area contributed by atoms with Crippen molar-refractivity contribution in [2.24, 2.45) is 0 Å². The second kappa shape index (κ2) is 10.6. The maximum absolute atomic E-state index is 12.3. The van der Waals surface area contributed by atoms with Gasteiger partial charge in [-0.2, -0.15) is 0 Å². The summed E-state index contributed by atoms with van der Waals surface area (Å²) in [5.74, 6) is 0.984. The summed E-state index contributed by atoms with van der Waals surface area (Å²) in [6.45, 7) is 4.57. The number of amides is 1. The number of aromatic nitrogens is 2. The van der Waals surface area contributed by atoms with Gasteiger partial charge in [-0.05, 0) is 5.56 Å². The van der Waals surface area contributed by atoms with Gasteiger partial charge in [-0.15, -0.1) is 0 Å². The van der Waals surface area contributed by atoms with Crippen molar-refractivity contribution < 1.29 is 9.59 Å². The number of carbonyl (C=O) groups is 2. The average Bonchev–Trinajstić information content (AvgIpc) is 2.84. The zero-order valence-electron chi connectivity index (χ0n) is 18.0. The topological polar surface area (TPSA) is 78.4 Å². The Balaban J connectivity index is 1.26. The first-order valence-electron chi connectivity index (χ1n) is 10.9. The Labute approximate surface area is 188 Å². The monoisotopic (exact) mass is 429 g/mol. The molecule has 7 heteroatoms. The molecule has 1 aliphatic rings. The number of rotatable bonds is 8. The molecule has 0 radical (unpaired) electrons. The highest BCUT2D eigenvalue weighted by Gasteiger charge is 2.19. The van der Waals surface area contributed by atoms with Gasteiger partial charge in [0.1, 0.15) is 18.0 Å². The van der Waals surface area contributed by atoms with E-state index in [1.165, 1.54) is 11.9 Å². The summed E-state index contributed by atoms with van der Waals surface area (Å²) >= 11 is 0. The average molecular weight is 430 g/mol. The largest absolute Gasteiger partial charge is 0.354 e. The second-order valence-corrected chi connectivity index (χ2v) is 7.85. The van der Waals surface area contributed by atoms with Crippen LogP contribution < -0.4 is 10.2 Å². The third kappa shape index (κ3) is 5.98. The van der Waals surface area contributed by atoms with E-state index < -0.39 is 0 Å². The summed E-state index contributed by atoms with van der Waals surface area (Å²) in [5, 5.41) is 2.79. The molecule has 1 fully saturated rings. The van der Waals surface area contributed by atoms with Crippen molar-refractivity contribution in [1.29, 1.82) is 0 Å². The van der Waals surface area contributed by atoms with E-state index in [0.29, 0.717) is 11.4 Å². The van der Waals surface area contributed by atoms with Crippen LogP contribution in [0.5, 0.6) is 0 Å². The molecule has 1 saturated heterocycles. The number of ketones is 1. The van der Waals surface area contributed by atoms with Crippen molar-refractivity contribution >= 4 is 23.3 Å². The summed E-state index contributed by atoms with van der Waals surface area (Å²) < 4.78 is 0. The number of anilines is 2. The predicted molar refractivity (Wildman–Crippen MR) is 125 cm³/mol. The zero-order valence-corrected chi connectivity index (χ0v) is 18.0. The Morgan fingerprint density at radius 2 is 1.53 bits per heavy atom. The lowest BCUT2D eigenvalue weighted by atomic mass is 10.1. The minimum Gasteiger partial charge on any atom is -0.354 e. The van der Waals surface area contributed by atoms with E-state index in [2.05, 4.69) is 49.4 Å². The lowest BCUT2D eigenvalue weighted by molar-refractivity contribution is -0.116. The normalized spacial score (nSPS) is 14.2. The van der Waals surface area contributed by atoms with Crippen LogP contribution in [0.25, 0.3) is 0 Å². The van der Waals surface area contributed by atoms with Gasteiger partial charge in [-0.25, -0.2) is 9.97 Å². The Morgan fingerprint density at radius 1 is 0.844 bits per heavy atom. The molecule has 32 heavy (non-hydrogen) atoms. The molecular weight excluding hydrogens is 402 g/mol. The van der Waals surface area contributed by atoms with Crippen LogP contribution in [0.4, 0.5) is 11.6 Å². The Morgan fingerprint density at radius 3 is 2.25 bits per heavy atom. The first-order valence-corrected chi connectivity index (χ1v) is 10.9. The Hall–Kier alpha value is -3.58. The van der Waals surface area contributed by atoms with E-state index >= 15 is 0 Å². The van der Waals surface area contributed by atoms with E-state index in [-0.39, 0.29) is 24.5 Å². The van der Waals surface area contributed by atoms with Crippen molar-refractivity contribution in [3.8, 4) is 0 Å². The highest BCUT2D eigenvalue weighted by molar-refractivity contribution is 5.99. The molecule has 2 aromatic carbocycles. The van der Waals surface area contributed by atoms with Gasteiger partial charge in [0.05, 0.1) is 0 Å². The van der Waals surface area contributed by atoms with Crippen LogP contribution in [0.2, 0.25) is 0 Å². The standard InChI is InChI=1S/C25H27N5O2/c31-22(21-9-5-2-6-10-21)11-12-25(32)28-23-17-24(27-19-26-23)30-15-13-29(14-16-30)18-20-7-3-1-4-8-20/h1-10,17,19H,11-16,18H2,(H,26,27,28,32). The lowest BCUT2D eigenvalue weighted by Crippen LogP contribution is -2.46. The molecule has 0 spiro atoms. The van der Waals surface area contributed by atoms with Crippen LogP contribution >= 0.6 is 0 Å². The number of benzene rings is 2. The molecule has 7 nitrogen and oxygen atoms in total. The Bertz CT molecular complexity index is 1030. The number of carbonyl (C=O) groups excluding carboxylic acids is 2. The van der Waals surface area contributed by atoms with Gasteiger partial charge >= 0.3 is 0 Å². The molecule has 1 aromatic heterocycles. The van der Waals surface area contributed by atoms with E-state index in [4.69, 9.17) is 0 Å². The van der Waals surface area contributed by atoms with Crippen molar-refractivity contribution in [2.75, 3.05) is 36.4 Å².